The van der Waals surface area contributed by atoms with Gasteiger partial charge in [-0.1, -0.05) is 62.1 Å². The van der Waals surface area contributed by atoms with E-state index in [0.717, 1.165) is 56.5 Å². The zero-order valence-electron chi connectivity index (χ0n) is 19.1. The third-order valence-corrected chi connectivity index (χ3v) is 5.89. The molecule has 0 fully saturated rings. The molecule has 0 saturated carbocycles. The van der Waals surface area contributed by atoms with E-state index >= 15 is 0 Å². The van der Waals surface area contributed by atoms with Crippen LogP contribution in [0.2, 0.25) is 0 Å². The van der Waals surface area contributed by atoms with Crippen molar-refractivity contribution in [3.63, 3.8) is 0 Å². The average Bonchev–Trinajstić information content (AvgIpc) is 2.73. The highest BCUT2D eigenvalue weighted by molar-refractivity contribution is 5.97. The van der Waals surface area contributed by atoms with Gasteiger partial charge in [0.1, 0.15) is 0 Å². The molecule has 0 bridgehead atoms. The zero-order valence-corrected chi connectivity index (χ0v) is 19.1. The van der Waals surface area contributed by atoms with Crippen LogP contribution in [0.3, 0.4) is 0 Å². The molecule has 2 aromatic rings. The van der Waals surface area contributed by atoms with E-state index in [1.165, 1.54) is 27.8 Å². The molecule has 162 valence electrons. The third kappa shape index (κ3) is 7.10. The first kappa shape index (κ1) is 22.8. The summed E-state index contributed by atoms with van der Waals surface area (Å²) in [7, 11) is 0. The fourth-order valence-corrected chi connectivity index (χ4v) is 4.22. The maximum Gasteiger partial charge on any atom is 0.0433 e. The van der Waals surface area contributed by atoms with Crippen molar-refractivity contribution in [2.45, 2.75) is 52.4 Å². The molecule has 0 radical (unpaired) electrons. The molecule has 0 spiro atoms. The van der Waals surface area contributed by atoms with Gasteiger partial charge in [-0.3, -0.25) is 4.99 Å². The molecule has 1 atom stereocenters. The quantitative estimate of drug-likeness (QED) is 0.422. The van der Waals surface area contributed by atoms with Crippen molar-refractivity contribution in [1.82, 2.24) is 0 Å². The highest BCUT2D eigenvalue weighted by Gasteiger charge is 2.13. The van der Waals surface area contributed by atoms with Crippen LogP contribution in [0.25, 0.3) is 5.57 Å². The van der Waals surface area contributed by atoms with Gasteiger partial charge in [-0.15, -0.1) is 0 Å². The van der Waals surface area contributed by atoms with Gasteiger partial charge in [-0.25, -0.2) is 0 Å². The minimum Gasteiger partial charge on any atom is -0.399 e. The zero-order chi connectivity index (χ0) is 22.1. The molecule has 0 amide bonds. The molecule has 1 unspecified atom stereocenters. The monoisotopic (exact) mass is 412 g/mol. The van der Waals surface area contributed by atoms with E-state index in [0.29, 0.717) is 5.92 Å². The number of benzene rings is 2. The first-order chi connectivity index (χ1) is 15.0. The van der Waals surface area contributed by atoms with Gasteiger partial charge < -0.3 is 5.73 Å². The third-order valence-electron chi connectivity index (χ3n) is 5.89. The van der Waals surface area contributed by atoms with E-state index in [9.17, 15) is 0 Å². The second kappa shape index (κ2) is 11.5. The lowest BCUT2D eigenvalue weighted by molar-refractivity contribution is 0.610. The van der Waals surface area contributed by atoms with Gasteiger partial charge in [0.05, 0.1) is 0 Å². The van der Waals surface area contributed by atoms with E-state index in [1.807, 2.05) is 12.1 Å². The van der Waals surface area contributed by atoms with Gasteiger partial charge in [0.2, 0.25) is 0 Å². The number of allylic oxidation sites excluding steroid dienone is 5. The molecule has 31 heavy (non-hydrogen) atoms. The van der Waals surface area contributed by atoms with E-state index in [4.69, 9.17) is 10.7 Å². The smallest absolute Gasteiger partial charge is 0.0433 e. The number of nitrogen functional groups attached to an aromatic ring is 1. The van der Waals surface area contributed by atoms with E-state index in [-0.39, 0.29) is 0 Å². The average molecular weight is 413 g/mol. The number of hydrogen-bond acceptors (Lipinski definition) is 2. The molecule has 1 aliphatic carbocycles. The van der Waals surface area contributed by atoms with Crippen LogP contribution in [0.5, 0.6) is 0 Å². The van der Waals surface area contributed by atoms with Crippen LogP contribution in [-0.4, -0.2) is 12.3 Å². The highest BCUT2D eigenvalue weighted by atomic mass is 14.7. The maximum absolute atomic E-state index is 5.81. The molecule has 2 nitrogen and oxygen atoms in total. The second-order valence-electron chi connectivity index (χ2n) is 8.75. The molecule has 0 saturated heterocycles. The van der Waals surface area contributed by atoms with Gasteiger partial charge in [0.25, 0.3) is 0 Å². The molecule has 1 aliphatic rings. The molecule has 0 aliphatic heterocycles. The molecule has 3 rings (SSSR count). The maximum atomic E-state index is 5.81. The minimum absolute atomic E-state index is 0.600. The van der Waals surface area contributed by atoms with Crippen molar-refractivity contribution in [3.8, 4) is 0 Å². The van der Waals surface area contributed by atoms with Crippen molar-refractivity contribution in [2.24, 2.45) is 10.9 Å². The molecule has 0 aromatic heterocycles. The molecule has 0 heterocycles. The number of nitrogens with two attached hydrogens (primary N) is 1. The Morgan fingerprint density at radius 1 is 1.03 bits per heavy atom. The fourth-order valence-electron chi connectivity index (χ4n) is 4.22. The normalized spacial score (nSPS) is 21.3. The van der Waals surface area contributed by atoms with Crippen molar-refractivity contribution >= 4 is 17.0 Å². The molecular formula is C29H36N2. The van der Waals surface area contributed by atoms with E-state index in [2.05, 4.69) is 75.1 Å². The lowest BCUT2D eigenvalue weighted by Gasteiger charge is -2.18. The molecule has 2 N–H and O–H groups in total. The number of hydrogen-bond donors (Lipinski definition) is 1. The van der Waals surface area contributed by atoms with Gasteiger partial charge >= 0.3 is 0 Å². The summed E-state index contributed by atoms with van der Waals surface area (Å²) in [4.78, 5) is 4.99. The molecular weight excluding hydrogens is 376 g/mol. The first-order valence-electron chi connectivity index (χ1n) is 11.5. The molecule has 2 heteroatoms. The van der Waals surface area contributed by atoms with Crippen molar-refractivity contribution in [3.05, 3.63) is 95.6 Å². The number of aliphatic imine (C=N–C) groups is 1. The van der Waals surface area contributed by atoms with Crippen molar-refractivity contribution in [2.75, 3.05) is 12.3 Å². The number of fused-ring (bicyclic) bond motifs is 1. The Hall–Kier alpha value is -2.87. The summed E-state index contributed by atoms with van der Waals surface area (Å²) >= 11 is 0. The summed E-state index contributed by atoms with van der Waals surface area (Å²) in [5, 5.41) is 0. The predicted octanol–water partition coefficient (Wildman–Crippen LogP) is 7.14. The Bertz CT molecular complexity index is 961. The number of nitrogens with zero attached hydrogens (tertiary/aromatic N) is 1. The van der Waals surface area contributed by atoms with Crippen LogP contribution in [0, 0.1) is 12.8 Å². The fraction of sp³-hybridized carbons (Fsp3) is 0.345. The summed E-state index contributed by atoms with van der Waals surface area (Å²) in [5.41, 5.74) is 14.2. The summed E-state index contributed by atoms with van der Waals surface area (Å²) < 4.78 is 0. The van der Waals surface area contributed by atoms with Crippen molar-refractivity contribution < 1.29 is 0 Å². The van der Waals surface area contributed by atoms with Crippen LogP contribution in [-0.2, 0) is 12.8 Å². The lowest BCUT2D eigenvalue weighted by atomic mass is 9.87. The summed E-state index contributed by atoms with van der Waals surface area (Å²) in [5.74, 6) is 0.600. The number of rotatable bonds is 3. The van der Waals surface area contributed by atoms with Gasteiger partial charge in [0.15, 0.2) is 0 Å². The summed E-state index contributed by atoms with van der Waals surface area (Å²) in [6.45, 7) is 9.78. The van der Waals surface area contributed by atoms with E-state index in [1.54, 1.807) is 0 Å². The number of anilines is 1. The Morgan fingerprint density at radius 2 is 1.81 bits per heavy atom. The highest BCUT2D eigenvalue weighted by Crippen LogP contribution is 2.29. The van der Waals surface area contributed by atoms with Crippen LogP contribution in [0.4, 0.5) is 5.69 Å². The predicted molar refractivity (Wildman–Crippen MR) is 137 cm³/mol. The topological polar surface area (TPSA) is 38.4 Å². The largest absolute Gasteiger partial charge is 0.399 e. The van der Waals surface area contributed by atoms with Gasteiger partial charge in [-0.2, -0.15) is 0 Å². The number of aryl methyl sites for hydroxylation is 1. The van der Waals surface area contributed by atoms with Crippen LogP contribution < -0.4 is 5.73 Å². The van der Waals surface area contributed by atoms with Gasteiger partial charge in [0, 0.05) is 24.4 Å². The summed E-state index contributed by atoms with van der Waals surface area (Å²) in [6.07, 6.45) is 15.2. The first-order valence-corrected chi connectivity index (χ1v) is 11.5. The Balaban J connectivity index is 1.85. The standard InChI is InChI=1S/C29H36N2/c1-22-10-7-5-4-6-8-13-28(31-19-18-25-14-16-27(30)17-15-25)21-26-12-9-11-23(2)29(26)24(3)20-22/h5,7-9,11-17,22H,3-4,6,10,18-21,30H2,1-2H3/b7-5+,13-8+,31-28+. The Kier molecular flexibility index (Phi) is 8.46. The minimum atomic E-state index is 0.600. The van der Waals surface area contributed by atoms with Crippen LogP contribution >= 0.6 is 0 Å². The Morgan fingerprint density at radius 3 is 2.61 bits per heavy atom. The van der Waals surface area contributed by atoms with Crippen LogP contribution in [0.15, 0.2) is 78.3 Å². The van der Waals surface area contributed by atoms with E-state index < -0.39 is 0 Å². The second-order valence-corrected chi connectivity index (χ2v) is 8.75. The Labute approximate surface area is 188 Å². The van der Waals surface area contributed by atoms with Crippen molar-refractivity contribution in [1.29, 1.82) is 0 Å². The lowest BCUT2D eigenvalue weighted by Crippen LogP contribution is -2.07. The van der Waals surface area contributed by atoms with Crippen LogP contribution in [0.1, 0.15) is 54.9 Å². The summed E-state index contributed by atoms with van der Waals surface area (Å²) in [6, 6.07) is 14.7. The SMILES string of the molecule is C=C1CC(C)C/C=C/CC/C=C/C(=N\CCc2ccc(N)cc2)Cc2cccc(C)c21. The van der Waals surface area contributed by atoms with Gasteiger partial charge in [-0.05, 0) is 91.0 Å². The molecule has 2 aromatic carbocycles.